The quantitative estimate of drug-likeness (QED) is 0.265. The first kappa shape index (κ1) is 27.8. The summed E-state index contributed by atoms with van der Waals surface area (Å²) in [6, 6.07) is 9.07. The number of carboxylic acid groups (broad SMARTS) is 1. The van der Waals surface area contributed by atoms with Crippen molar-refractivity contribution in [3.8, 4) is 11.1 Å². The van der Waals surface area contributed by atoms with Crippen LogP contribution in [0.3, 0.4) is 0 Å². The van der Waals surface area contributed by atoms with E-state index in [4.69, 9.17) is 74.3 Å². The molecule has 1 saturated carbocycles. The number of fused-ring (bicyclic) bond motifs is 2. The van der Waals surface area contributed by atoms with Crippen LogP contribution in [0.4, 0.5) is 5.00 Å². The number of aliphatic carboxylic acids is 1. The molecule has 1 amide bonds. The largest absolute Gasteiger partial charge is 0.481 e. The Balaban J connectivity index is 1.84. The van der Waals surface area contributed by atoms with Crippen LogP contribution in [0.15, 0.2) is 40.4 Å². The van der Waals surface area contributed by atoms with E-state index in [-0.39, 0.29) is 27.2 Å². The molecule has 0 radical (unpaired) electrons. The van der Waals surface area contributed by atoms with Crippen molar-refractivity contribution >= 4 is 104 Å². The molecule has 1 aromatic heterocycles. The summed E-state index contributed by atoms with van der Waals surface area (Å²) in [5.74, 6) is -6.45. The monoisotopic (exact) mass is 629 g/mol. The average Bonchev–Trinajstić information content (AvgIpc) is 3.25. The minimum Gasteiger partial charge on any atom is -0.481 e. The van der Waals surface area contributed by atoms with Gasteiger partial charge in [-0.15, -0.1) is 34.5 Å². The number of ether oxygens (including phenoxy) is 1. The number of alkyl halides is 4. The van der Waals surface area contributed by atoms with Gasteiger partial charge in [-0.3, -0.25) is 9.59 Å². The lowest BCUT2D eigenvalue weighted by Gasteiger charge is -2.33. The van der Waals surface area contributed by atoms with Gasteiger partial charge in [0, 0.05) is 10.4 Å². The predicted molar refractivity (Wildman–Crippen MR) is 144 cm³/mol. The molecule has 6 nitrogen and oxygen atoms in total. The molecular weight excluding hydrogens is 615 g/mol. The van der Waals surface area contributed by atoms with Gasteiger partial charge in [-0.1, -0.05) is 76.7 Å². The van der Waals surface area contributed by atoms with Crippen LogP contribution in [0.2, 0.25) is 0 Å². The Bertz CT molecular complexity index is 1310. The number of carboxylic acids is 1. The van der Waals surface area contributed by atoms with Crippen LogP contribution in [0.5, 0.6) is 0 Å². The van der Waals surface area contributed by atoms with Crippen molar-refractivity contribution < 1.29 is 24.2 Å². The minimum absolute atomic E-state index is 0.0958. The third-order valence-electron chi connectivity index (χ3n) is 6.35. The second kappa shape index (κ2) is 9.53. The van der Waals surface area contributed by atoms with Gasteiger partial charge in [0.2, 0.25) is 5.91 Å². The fraction of sp³-hybridized carbons (Fsp3) is 0.348. The molecule has 2 N–H and O–H groups in total. The molecule has 0 aliphatic heterocycles. The molecule has 2 aliphatic rings. The number of rotatable bonds is 6. The highest BCUT2D eigenvalue weighted by Crippen LogP contribution is 2.76. The second-order valence-electron chi connectivity index (χ2n) is 8.23. The number of benzene rings is 1. The molecule has 1 fully saturated rings. The van der Waals surface area contributed by atoms with E-state index in [9.17, 15) is 19.5 Å². The molecule has 13 heteroatoms. The first-order valence-electron chi connectivity index (χ1n) is 10.5. The van der Waals surface area contributed by atoms with Crippen LogP contribution in [0.1, 0.15) is 22.2 Å². The van der Waals surface area contributed by atoms with E-state index in [2.05, 4.69) is 5.32 Å². The number of thiophene rings is 1. The molecule has 0 spiro atoms. The normalized spacial score (nSPS) is 28.3. The summed E-state index contributed by atoms with van der Waals surface area (Å²) in [7, 11) is 0. The third kappa shape index (κ3) is 3.62. The van der Waals surface area contributed by atoms with E-state index in [0.717, 1.165) is 16.9 Å². The Kier molecular flexibility index (Phi) is 7.37. The van der Waals surface area contributed by atoms with Crippen molar-refractivity contribution in [2.75, 3.05) is 11.9 Å². The topological polar surface area (TPSA) is 92.7 Å². The summed E-state index contributed by atoms with van der Waals surface area (Å²) in [5, 5.41) is 12.1. The van der Waals surface area contributed by atoms with Gasteiger partial charge in [0.25, 0.3) is 0 Å². The molecule has 2 bridgehead atoms. The maximum atomic E-state index is 13.7. The van der Waals surface area contributed by atoms with E-state index >= 15 is 0 Å². The molecule has 2 aliphatic carbocycles. The molecule has 1 heterocycles. The van der Waals surface area contributed by atoms with Gasteiger partial charge < -0.3 is 15.2 Å². The minimum atomic E-state index is -2.24. The fourth-order valence-corrected chi connectivity index (χ4v) is 8.80. The summed E-state index contributed by atoms with van der Waals surface area (Å²) in [4.78, 5) is 35.4. The molecule has 1 aromatic carbocycles. The van der Waals surface area contributed by atoms with Gasteiger partial charge in [-0.2, -0.15) is 0 Å². The Hall–Kier alpha value is -1.19. The number of carbonyl (C=O) groups is 3. The Morgan fingerprint density at radius 1 is 1.03 bits per heavy atom. The van der Waals surface area contributed by atoms with E-state index in [0.29, 0.717) is 10.4 Å². The molecule has 2 aromatic rings. The van der Waals surface area contributed by atoms with E-state index in [1.54, 1.807) is 13.8 Å². The van der Waals surface area contributed by atoms with Gasteiger partial charge in [0.05, 0.1) is 28.5 Å². The summed E-state index contributed by atoms with van der Waals surface area (Å²) in [6.45, 7) is 3.53. The van der Waals surface area contributed by atoms with E-state index < -0.39 is 43.8 Å². The molecule has 4 atom stereocenters. The van der Waals surface area contributed by atoms with Crippen molar-refractivity contribution in [2.24, 2.45) is 11.8 Å². The molecular formula is C23H17Cl6NO5S. The van der Waals surface area contributed by atoms with Crippen molar-refractivity contribution in [1.82, 2.24) is 0 Å². The third-order valence-corrected chi connectivity index (χ3v) is 11.6. The summed E-state index contributed by atoms with van der Waals surface area (Å²) in [6.07, 6.45) is 0. The van der Waals surface area contributed by atoms with Crippen LogP contribution in [0.25, 0.3) is 11.1 Å². The first-order chi connectivity index (χ1) is 16.8. The zero-order valence-corrected chi connectivity index (χ0v) is 23.9. The predicted octanol–water partition coefficient (Wildman–Crippen LogP) is 7.00. The van der Waals surface area contributed by atoms with Gasteiger partial charge in [-0.25, -0.2) is 4.79 Å². The van der Waals surface area contributed by atoms with Gasteiger partial charge in [0.15, 0.2) is 4.33 Å². The average molecular weight is 632 g/mol. The van der Waals surface area contributed by atoms with E-state index in [1.807, 2.05) is 30.3 Å². The SMILES string of the molecule is CCOC(=O)c1c(NC(=O)[C@@H]2[C@@H](C(=O)O)[C@@]3(Cl)C(Cl)=C(Cl)[C@@]2(Cl)C3(Cl)Cl)sc(C)c1-c1ccccc1. The highest BCUT2D eigenvalue weighted by molar-refractivity contribution is 7.17. The number of allylic oxidation sites excluding steroid dienone is 2. The second-order valence-corrected chi connectivity index (χ2v) is 12.7. The van der Waals surface area contributed by atoms with Crippen molar-refractivity contribution in [3.63, 3.8) is 0 Å². The van der Waals surface area contributed by atoms with Crippen LogP contribution in [-0.2, 0) is 14.3 Å². The molecule has 0 unspecified atom stereocenters. The van der Waals surface area contributed by atoms with Crippen LogP contribution in [-0.4, -0.2) is 43.6 Å². The lowest BCUT2D eigenvalue weighted by molar-refractivity contribution is -0.146. The molecule has 0 saturated heterocycles. The number of halogens is 6. The summed E-state index contributed by atoms with van der Waals surface area (Å²) in [5.41, 5.74) is 1.40. The Morgan fingerprint density at radius 2 is 1.58 bits per heavy atom. The molecule has 192 valence electrons. The first-order valence-corrected chi connectivity index (χ1v) is 13.6. The van der Waals surface area contributed by atoms with Crippen LogP contribution < -0.4 is 5.32 Å². The highest BCUT2D eigenvalue weighted by Gasteiger charge is 2.85. The zero-order valence-electron chi connectivity index (χ0n) is 18.5. The highest BCUT2D eigenvalue weighted by atomic mass is 35.5. The molecule has 36 heavy (non-hydrogen) atoms. The lowest BCUT2D eigenvalue weighted by atomic mass is 9.81. The Labute approximate surface area is 240 Å². The number of anilines is 1. The summed E-state index contributed by atoms with van der Waals surface area (Å²) < 4.78 is 3.00. The maximum Gasteiger partial charge on any atom is 0.341 e. The van der Waals surface area contributed by atoms with Crippen molar-refractivity contribution in [3.05, 3.63) is 50.8 Å². The van der Waals surface area contributed by atoms with Crippen LogP contribution >= 0.6 is 80.9 Å². The smallest absolute Gasteiger partial charge is 0.341 e. The van der Waals surface area contributed by atoms with Crippen molar-refractivity contribution in [1.29, 1.82) is 0 Å². The number of hydrogen-bond acceptors (Lipinski definition) is 5. The number of carbonyl (C=O) groups excluding carboxylic acids is 2. The Morgan fingerprint density at radius 3 is 2.11 bits per heavy atom. The fourth-order valence-electron chi connectivity index (χ4n) is 4.80. The van der Waals surface area contributed by atoms with Gasteiger partial charge in [-0.05, 0) is 19.4 Å². The van der Waals surface area contributed by atoms with Gasteiger partial charge >= 0.3 is 11.9 Å². The number of esters is 1. The standard InChI is InChI=1S/C23H17Cl6NO5S/c1-3-35-20(34)12-11(10-7-5-4-6-8-10)9(2)36-18(12)30-17(31)13-14(19(32)33)22(27)16(25)15(24)21(13,26)23(22,28)29/h4-8,13-14H,3H2,1-2H3,(H,30,31)(H,32,33)/t13-,14-,21+,22+/m0/s1. The molecule has 4 rings (SSSR count). The number of nitrogens with one attached hydrogen (secondary N) is 1. The lowest BCUT2D eigenvalue weighted by Crippen LogP contribution is -2.47. The number of aryl methyl sites for hydroxylation is 1. The van der Waals surface area contributed by atoms with Gasteiger partial charge in [0.1, 0.15) is 20.3 Å². The number of amides is 1. The van der Waals surface area contributed by atoms with Crippen LogP contribution in [0, 0.1) is 18.8 Å². The maximum absolute atomic E-state index is 13.7. The number of hydrogen-bond donors (Lipinski definition) is 2. The zero-order chi connectivity index (χ0) is 26.8. The van der Waals surface area contributed by atoms with Crippen molar-refractivity contribution in [2.45, 2.75) is 27.9 Å². The summed E-state index contributed by atoms with van der Waals surface area (Å²) >= 11 is 40.0. The van der Waals surface area contributed by atoms with E-state index in [1.165, 1.54) is 0 Å².